The Hall–Kier alpha value is -3.71. The van der Waals surface area contributed by atoms with E-state index in [1.54, 1.807) is 25.1 Å². The summed E-state index contributed by atoms with van der Waals surface area (Å²) in [5.74, 6) is -0.518. The fraction of sp³-hybridized carbons (Fsp3) is 0.310. The molecule has 0 spiro atoms. The van der Waals surface area contributed by atoms with Gasteiger partial charge in [0, 0.05) is 50.4 Å². The molecule has 2 amide bonds. The quantitative estimate of drug-likeness (QED) is 0.599. The Labute approximate surface area is 210 Å². The number of likely N-dealkylation sites (tertiary alicyclic amines) is 1. The molecular formula is C29H30FN3O3. The second-order valence-corrected chi connectivity index (χ2v) is 9.82. The van der Waals surface area contributed by atoms with E-state index in [0.717, 1.165) is 28.8 Å². The van der Waals surface area contributed by atoms with E-state index in [2.05, 4.69) is 11.0 Å². The normalized spacial score (nSPS) is 20.6. The van der Waals surface area contributed by atoms with Gasteiger partial charge in [-0.3, -0.25) is 9.59 Å². The van der Waals surface area contributed by atoms with E-state index in [0.29, 0.717) is 17.7 Å². The molecule has 0 unspecified atom stereocenters. The maximum Gasteiger partial charge on any atom is 0.254 e. The van der Waals surface area contributed by atoms with Crippen LogP contribution in [0.4, 0.5) is 10.1 Å². The highest BCUT2D eigenvalue weighted by molar-refractivity contribution is 5.96. The van der Waals surface area contributed by atoms with Crippen LogP contribution >= 0.6 is 0 Å². The van der Waals surface area contributed by atoms with Crippen molar-refractivity contribution in [2.75, 3.05) is 39.2 Å². The van der Waals surface area contributed by atoms with Crippen molar-refractivity contribution < 1.29 is 19.1 Å². The van der Waals surface area contributed by atoms with E-state index in [1.807, 2.05) is 42.3 Å². The largest absolute Gasteiger partial charge is 0.394 e. The lowest BCUT2D eigenvalue weighted by Gasteiger charge is -2.44. The molecule has 1 saturated heterocycles. The second-order valence-electron chi connectivity index (χ2n) is 9.82. The number of carbonyl (C=O) groups is 2. The van der Waals surface area contributed by atoms with Gasteiger partial charge in [0.2, 0.25) is 0 Å². The maximum absolute atomic E-state index is 13.5. The molecule has 186 valence electrons. The van der Waals surface area contributed by atoms with E-state index in [4.69, 9.17) is 0 Å². The lowest BCUT2D eigenvalue weighted by Crippen LogP contribution is -2.48. The molecule has 2 aliphatic heterocycles. The van der Waals surface area contributed by atoms with Crippen molar-refractivity contribution in [1.29, 1.82) is 0 Å². The summed E-state index contributed by atoms with van der Waals surface area (Å²) in [5.41, 5.74) is 4.92. The number of nitrogens with zero attached hydrogens (tertiary/aromatic N) is 3. The number of hydrogen-bond donors (Lipinski definition) is 1. The molecule has 2 aliphatic rings. The first-order valence-corrected chi connectivity index (χ1v) is 12.2. The van der Waals surface area contributed by atoms with Gasteiger partial charge in [-0.05, 0) is 71.6 Å². The lowest BCUT2D eigenvalue weighted by molar-refractivity contribution is 0.0693. The fourth-order valence-corrected chi connectivity index (χ4v) is 5.71. The minimum absolute atomic E-state index is 0.00781. The molecule has 5 rings (SSSR count). The Morgan fingerprint density at radius 3 is 2.42 bits per heavy atom. The molecule has 3 aromatic carbocycles. The molecule has 0 saturated carbocycles. The predicted octanol–water partition coefficient (Wildman–Crippen LogP) is 4.21. The topological polar surface area (TPSA) is 64.1 Å². The zero-order valence-electron chi connectivity index (χ0n) is 20.7. The van der Waals surface area contributed by atoms with E-state index in [-0.39, 0.29) is 42.2 Å². The van der Waals surface area contributed by atoms with Crippen LogP contribution in [0.5, 0.6) is 0 Å². The van der Waals surface area contributed by atoms with Crippen LogP contribution in [0.1, 0.15) is 38.7 Å². The third-order valence-corrected chi connectivity index (χ3v) is 7.55. The SMILES string of the molecule is CN(C)C(=O)c1cccc(-c2ccc3c(c2)[C@H]2[C@H](CCN2C(=O)c2ccc(F)cc2)[C@@H](CO)N3C)c1. The number of amides is 2. The number of aliphatic hydroxyl groups is 1. The number of likely N-dealkylation sites (N-methyl/N-ethyl adjacent to an activating group) is 1. The van der Waals surface area contributed by atoms with Gasteiger partial charge >= 0.3 is 0 Å². The average molecular weight is 488 g/mol. The summed E-state index contributed by atoms with van der Waals surface area (Å²) in [4.78, 5) is 31.6. The summed E-state index contributed by atoms with van der Waals surface area (Å²) in [6.45, 7) is 0.554. The highest BCUT2D eigenvalue weighted by Crippen LogP contribution is 2.49. The molecule has 0 aromatic heterocycles. The summed E-state index contributed by atoms with van der Waals surface area (Å²) in [7, 11) is 5.44. The fourth-order valence-electron chi connectivity index (χ4n) is 5.71. The van der Waals surface area contributed by atoms with Gasteiger partial charge in [-0.25, -0.2) is 4.39 Å². The molecule has 6 nitrogen and oxygen atoms in total. The van der Waals surface area contributed by atoms with Gasteiger partial charge in [-0.15, -0.1) is 0 Å². The number of benzene rings is 3. The van der Waals surface area contributed by atoms with Crippen LogP contribution in [-0.4, -0.2) is 67.1 Å². The van der Waals surface area contributed by atoms with Crippen molar-refractivity contribution in [3.63, 3.8) is 0 Å². The highest BCUT2D eigenvalue weighted by Gasteiger charge is 2.47. The lowest BCUT2D eigenvalue weighted by atomic mass is 9.81. The Morgan fingerprint density at radius 1 is 1.00 bits per heavy atom. The maximum atomic E-state index is 13.5. The van der Waals surface area contributed by atoms with Crippen molar-refractivity contribution in [3.8, 4) is 11.1 Å². The first-order chi connectivity index (χ1) is 17.3. The van der Waals surface area contributed by atoms with Crippen molar-refractivity contribution in [1.82, 2.24) is 9.80 Å². The van der Waals surface area contributed by atoms with Crippen LogP contribution < -0.4 is 4.90 Å². The minimum atomic E-state index is -0.379. The zero-order chi connectivity index (χ0) is 25.6. The van der Waals surface area contributed by atoms with E-state index < -0.39 is 0 Å². The molecule has 3 aromatic rings. The number of halogens is 1. The Balaban J connectivity index is 1.58. The molecule has 1 fully saturated rings. The monoisotopic (exact) mass is 487 g/mol. The summed E-state index contributed by atoms with van der Waals surface area (Å²) in [6, 6.07) is 19.0. The predicted molar refractivity (Wildman–Crippen MR) is 137 cm³/mol. The molecule has 7 heteroatoms. The third-order valence-electron chi connectivity index (χ3n) is 7.55. The average Bonchev–Trinajstić information content (AvgIpc) is 3.33. The molecule has 2 heterocycles. The second kappa shape index (κ2) is 9.39. The number of anilines is 1. The minimum Gasteiger partial charge on any atom is -0.394 e. The Bertz CT molecular complexity index is 1310. The standard InChI is InChI=1S/C29H30FN3O3/c1-31(2)28(35)21-6-4-5-19(15-21)20-9-12-25-24(16-20)27-23(26(17-34)32(25)3)13-14-33(27)29(36)18-7-10-22(30)11-8-18/h4-12,15-16,23,26-27,34H,13-14,17H2,1-3H3/t23-,26-,27-/m1/s1. The van der Waals surface area contributed by atoms with Crippen molar-refractivity contribution in [3.05, 3.63) is 89.2 Å². The van der Waals surface area contributed by atoms with Gasteiger partial charge in [0.25, 0.3) is 11.8 Å². The van der Waals surface area contributed by atoms with Crippen LogP contribution in [0.25, 0.3) is 11.1 Å². The van der Waals surface area contributed by atoms with Crippen molar-refractivity contribution in [2.45, 2.75) is 18.5 Å². The molecule has 0 radical (unpaired) electrons. The smallest absolute Gasteiger partial charge is 0.254 e. The van der Waals surface area contributed by atoms with Gasteiger partial charge < -0.3 is 19.8 Å². The number of hydrogen-bond acceptors (Lipinski definition) is 4. The summed E-state index contributed by atoms with van der Waals surface area (Å²) in [6.07, 6.45) is 0.768. The number of aliphatic hydroxyl groups excluding tert-OH is 1. The van der Waals surface area contributed by atoms with Crippen molar-refractivity contribution in [2.24, 2.45) is 5.92 Å². The van der Waals surface area contributed by atoms with Crippen LogP contribution in [0.2, 0.25) is 0 Å². The molecule has 0 bridgehead atoms. The highest BCUT2D eigenvalue weighted by atomic mass is 19.1. The molecule has 0 aliphatic carbocycles. The van der Waals surface area contributed by atoms with Gasteiger partial charge in [-0.1, -0.05) is 18.2 Å². The van der Waals surface area contributed by atoms with E-state index >= 15 is 0 Å². The number of carbonyl (C=O) groups excluding carboxylic acids is 2. The summed E-state index contributed by atoms with van der Waals surface area (Å²) < 4.78 is 13.5. The first kappa shape index (κ1) is 24.0. The van der Waals surface area contributed by atoms with Crippen LogP contribution in [0.3, 0.4) is 0 Å². The van der Waals surface area contributed by atoms with E-state index in [9.17, 15) is 19.1 Å². The van der Waals surface area contributed by atoms with Gasteiger partial charge in [0.05, 0.1) is 18.7 Å². The molecule has 1 N–H and O–H groups in total. The third kappa shape index (κ3) is 4.03. The van der Waals surface area contributed by atoms with Crippen LogP contribution in [-0.2, 0) is 0 Å². The molecule has 3 atom stereocenters. The van der Waals surface area contributed by atoms with Gasteiger partial charge in [0.1, 0.15) is 5.82 Å². The molecular weight excluding hydrogens is 457 g/mol. The molecule has 36 heavy (non-hydrogen) atoms. The first-order valence-electron chi connectivity index (χ1n) is 12.2. The number of rotatable bonds is 4. The van der Waals surface area contributed by atoms with E-state index in [1.165, 1.54) is 24.3 Å². The Morgan fingerprint density at radius 2 is 1.72 bits per heavy atom. The summed E-state index contributed by atoms with van der Waals surface area (Å²) in [5, 5.41) is 10.2. The van der Waals surface area contributed by atoms with Gasteiger partial charge in [-0.2, -0.15) is 0 Å². The Kier molecular flexibility index (Phi) is 6.26. The number of fused-ring (bicyclic) bond motifs is 3. The zero-order valence-corrected chi connectivity index (χ0v) is 20.7. The summed E-state index contributed by atoms with van der Waals surface area (Å²) >= 11 is 0. The van der Waals surface area contributed by atoms with Crippen LogP contribution in [0.15, 0.2) is 66.7 Å². The van der Waals surface area contributed by atoms with Crippen LogP contribution in [0, 0.1) is 11.7 Å². The van der Waals surface area contributed by atoms with Gasteiger partial charge in [0.15, 0.2) is 0 Å². The van der Waals surface area contributed by atoms with Crippen molar-refractivity contribution >= 4 is 17.5 Å².